The molecule has 0 saturated carbocycles. The number of hydrogen-bond donors (Lipinski definition) is 1. The summed E-state index contributed by atoms with van der Waals surface area (Å²) in [5.74, 6) is 0. The van der Waals surface area contributed by atoms with Crippen LogP contribution in [0.3, 0.4) is 0 Å². The maximum Gasteiger partial charge on any atom is 0.0853 e. The number of aryl methyl sites for hydroxylation is 1. The third-order valence-corrected chi connectivity index (χ3v) is 3.08. The summed E-state index contributed by atoms with van der Waals surface area (Å²) in [7, 11) is 2.01. The van der Waals surface area contributed by atoms with Gasteiger partial charge in [0.2, 0.25) is 0 Å². The minimum absolute atomic E-state index is 0.0313. The Kier molecular flexibility index (Phi) is 3.95. The summed E-state index contributed by atoms with van der Waals surface area (Å²) in [6, 6.07) is 12.3. The summed E-state index contributed by atoms with van der Waals surface area (Å²) < 4.78 is 0. The summed E-state index contributed by atoms with van der Waals surface area (Å²) in [6.07, 6.45) is 2.77. The molecule has 0 spiro atoms. The van der Waals surface area contributed by atoms with E-state index in [1.54, 1.807) is 6.20 Å². The fraction of sp³-hybridized carbons (Fsp3) is 0.267. The molecule has 2 aromatic rings. The predicted molar refractivity (Wildman–Crippen MR) is 74.0 cm³/mol. The first-order valence-corrected chi connectivity index (χ1v) is 6.13. The Morgan fingerprint density at radius 1 is 1.11 bits per heavy atom. The highest BCUT2D eigenvalue weighted by atomic mass is 16.3. The number of rotatable bonds is 4. The Hall–Kier alpha value is -1.87. The third-order valence-electron chi connectivity index (χ3n) is 3.08. The van der Waals surface area contributed by atoms with E-state index in [0.717, 1.165) is 17.8 Å². The molecule has 0 unspecified atom stereocenters. The number of hydrogen-bond acceptors (Lipinski definition) is 3. The fourth-order valence-electron chi connectivity index (χ4n) is 1.86. The topological polar surface area (TPSA) is 36.4 Å². The van der Waals surface area contributed by atoms with E-state index in [-0.39, 0.29) is 6.61 Å². The minimum atomic E-state index is -0.0313. The average molecular weight is 242 g/mol. The van der Waals surface area contributed by atoms with Gasteiger partial charge in [-0.05, 0) is 36.2 Å². The van der Waals surface area contributed by atoms with E-state index >= 15 is 0 Å². The van der Waals surface area contributed by atoms with Gasteiger partial charge in [-0.1, -0.05) is 19.1 Å². The monoisotopic (exact) mass is 242 g/mol. The van der Waals surface area contributed by atoms with Gasteiger partial charge >= 0.3 is 0 Å². The van der Waals surface area contributed by atoms with E-state index in [0.29, 0.717) is 5.69 Å². The largest absolute Gasteiger partial charge is 0.390 e. The molecule has 0 saturated heterocycles. The highest BCUT2D eigenvalue weighted by molar-refractivity contribution is 5.62. The Morgan fingerprint density at radius 3 is 2.44 bits per heavy atom. The van der Waals surface area contributed by atoms with Crippen molar-refractivity contribution >= 4 is 11.4 Å². The molecular formula is C15H18N2O. The van der Waals surface area contributed by atoms with Gasteiger partial charge < -0.3 is 10.0 Å². The molecule has 0 aliphatic heterocycles. The molecule has 0 atom stereocenters. The maximum atomic E-state index is 9.10. The quantitative estimate of drug-likeness (QED) is 0.895. The summed E-state index contributed by atoms with van der Waals surface area (Å²) in [5.41, 5.74) is 4.17. The average Bonchev–Trinajstić information content (AvgIpc) is 2.46. The molecule has 1 aromatic heterocycles. The molecule has 0 aliphatic carbocycles. The number of anilines is 2. The highest BCUT2D eigenvalue weighted by Crippen LogP contribution is 2.23. The third kappa shape index (κ3) is 2.68. The van der Waals surface area contributed by atoms with Gasteiger partial charge in [-0.25, -0.2) is 0 Å². The Bertz CT molecular complexity index is 508. The van der Waals surface area contributed by atoms with Crippen molar-refractivity contribution in [2.24, 2.45) is 0 Å². The first-order chi connectivity index (χ1) is 8.74. The van der Waals surface area contributed by atoms with Gasteiger partial charge in [0.1, 0.15) is 0 Å². The Morgan fingerprint density at radius 2 is 1.83 bits per heavy atom. The molecule has 3 nitrogen and oxygen atoms in total. The standard InChI is InChI=1S/C15H18N2O/c1-3-12-4-6-14(7-5-12)17(2)15-8-9-16-13(10-15)11-18/h4-10,18H,3,11H2,1-2H3. The molecule has 2 rings (SSSR count). The van der Waals surface area contributed by atoms with Crippen LogP contribution in [-0.2, 0) is 13.0 Å². The van der Waals surface area contributed by atoms with E-state index in [1.807, 2.05) is 19.2 Å². The van der Waals surface area contributed by atoms with Crippen LogP contribution in [0.4, 0.5) is 11.4 Å². The molecule has 0 aliphatic rings. The van der Waals surface area contributed by atoms with Crippen molar-refractivity contribution in [1.29, 1.82) is 0 Å². The van der Waals surface area contributed by atoms with E-state index < -0.39 is 0 Å². The van der Waals surface area contributed by atoms with Crippen LogP contribution in [0.5, 0.6) is 0 Å². The first kappa shape index (κ1) is 12.6. The van der Waals surface area contributed by atoms with Gasteiger partial charge in [0.05, 0.1) is 12.3 Å². The van der Waals surface area contributed by atoms with Gasteiger partial charge in [-0.15, -0.1) is 0 Å². The van der Waals surface area contributed by atoms with Gasteiger partial charge in [-0.2, -0.15) is 0 Å². The highest BCUT2D eigenvalue weighted by Gasteiger charge is 2.04. The van der Waals surface area contributed by atoms with Crippen LogP contribution in [0, 0.1) is 0 Å². The molecule has 0 amide bonds. The zero-order valence-electron chi connectivity index (χ0n) is 10.8. The van der Waals surface area contributed by atoms with Crippen molar-refractivity contribution in [3.8, 4) is 0 Å². The minimum Gasteiger partial charge on any atom is -0.390 e. The molecular weight excluding hydrogens is 224 g/mol. The lowest BCUT2D eigenvalue weighted by atomic mass is 10.1. The zero-order chi connectivity index (χ0) is 13.0. The van der Waals surface area contributed by atoms with Gasteiger partial charge in [-0.3, -0.25) is 4.98 Å². The summed E-state index contributed by atoms with van der Waals surface area (Å²) in [5, 5.41) is 9.10. The van der Waals surface area contributed by atoms with Gasteiger partial charge in [0, 0.05) is 24.6 Å². The van der Waals surface area contributed by atoms with Crippen LogP contribution in [0.1, 0.15) is 18.2 Å². The molecule has 1 heterocycles. The predicted octanol–water partition coefficient (Wildman–Crippen LogP) is 2.90. The maximum absolute atomic E-state index is 9.10. The van der Waals surface area contributed by atoms with Crippen molar-refractivity contribution in [3.05, 3.63) is 53.9 Å². The Labute approximate surface area is 108 Å². The smallest absolute Gasteiger partial charge is 0.0853 e. The van der Waals surface area contributed by atoms with E-state index in [1.165, 1.54) is 5.56 Å². The summed E-state index contributed by atoms with van der Waals surface area (Å²) in [6.45, 7) is 2.12. The Balaban J connectivity index is 2.25. The second kappa shape index (κ2) is 5.65. The van der Waals surface area contributed by atoms with Crippen LogP contribution in [0.2, 0.25) is 0 Å². The summed E-state index contributed by atoms with van der Waals surface area (Å²) >= 11 is 0. The van der Waals surface area contributed by atoms with E-state index in [4.69, 9.17) is 5.11 Å². The molecule has 18 heavy (non-hydrogen) atoms. The molecule has 1 N–H and O–H groups in total. The first-order valence-electron chi connectivity index (χ1n) is 6.13. The van der Waals surface area contributed by atoms with Gasteiger partial charge in [0.25, 0.3) is 0 Å². The van der Waals surface area contributed by atoms with Crippen molar-refractivity contribution in [2.45, 2.75) is 20.0 Å². The van der Waals surface area contributed by atoms with Crippen LogP contribution in [-0.4, -0.2) is 17.1 Å². The lowest BCUT2D eigenvalue weighted by Gasteiger charge is -2.20. The lowest BCUT2D eigenvalue weighted by Crippen LogP contribution is -2.10. The van der Waals surface area contributed by atoms with E-state index in [2.05, 4.69) is 41.1 Å². The van der Waals surface area contributed by atoms with Crippen LogP contribution in [0.25, 0.3) is 0 Å². The van der Waals surface area contributed by atoms with E-state index in [9.17, 15) is 0 Å². The van der Waals surface area contributed by atoms with Crippen molar-refractivity contribution in [1.82, 2.24) is 4.98 Å². The van der Waals surface area contributed by atoms with Crippen LogP contribution < -0.4 is 4.90 Å². The summed E-state index contributed by atoms with van der Waals surface area (Å²) in [4.78, 5) is 6.17. The molecule has 0 radical (unpaired) electrons. The lowest BCUT2D eigenvalue weighted by molar-refractivity contribution is 0.277. The second-order valence-electron chi connectivity index (χ2n) is 4.24. The number of nitrogens with zero attached hydrogens (tertiary/aromatic N) is 2. The number of benzene rings is 1. The molecule has 94 valence electrons. The van der Waals surface area contributed by atoms with Gasteiger partial charge in [0.15, 0.2) is 0 Å². The number of pyridine rings is 1. The molecule has 1 aromatic carbocycles. The van der Waals surface area contributed by atoms with Crippen LogP contribution in [0.15, 0.2) is 42.6 Å². The molecule has 0 fully saturated rings. The van der Waals surface area contributed by atoms with Crippen LogP contribution >= 0.6 is 0 Å². The molecule has 3 heteroatoms. The van der Waals surface area contributed by atoms with Crippen molar-refractivity contribution < 1.29 is 5.11 Å². The second-order valence-corrected chi connectivity index (χ2v) is 4.24. The molecule has 0 bridgehead atoms. The SMILES string of the molecule is CCc1ccc(N(C)c2ccnc(CO)c2)cc1. The number of aromatic nitrogens is 1. The van der Waals surface area contributed by atoms with Crippen molar-refractivity contribution in [2.75, 3.05) is 11.9 Å². The normalized spacial score (nSPS) is 10.4. The number of aliphatic hydroxyl groups is 1. The zero-order valence-corrected chi connectivity index (χ0v) is 10.8. The fourth-order valence-corrected chi connectivity index (χ4v) is 1.86. The van der Waals surface area contributed by atoms with Crippen molar-refractivity contribution in [3.63, 3.8) is 0 Å². The number of aliphatic hydroxyl groups excluding tert-OH is 1.